The van der Waals surface area contributed by atoms with Crippen LogP contribution < -0.4 is 14.8 Å². The van der Waals surface area contributed by atoms with Gasteiger partial charge in [-0.05, 0) is 42.7 Å². The van der Waals surface area contributed by atoms with E-state index in [0.29, 0.717) is 60.8 Å². The summed E-state index contributed by atoms with van der Waals surface area (Å²) in [4.78, 5) is 12.1. The molecule has 0 atom stereocenters. The van der Waals surface area contributed by atoms with Gasteiger partial charge in [0.15, 0.2) is 11.6 Å². The molecule has 1 aliphatic rings. The molecule has 2 aromatic carbocycles. The summed E-state index contributed by atoms with van der Waals surface area (Å²) in [6, 6.07) is 7.04. The third-order valence-electron chi connectivity index (χ3n) is 6.28. The van der Waals surface area contributed by atoms with E-state index in [-0.39, 0.29) is 12.4 Å². The van der Waals surface area contributed by atoms with Gasteiger partial charge in [-0.3, -0.25) is 0 Å². The molecule has 1 saturated heterocycles. The Hall–Kier alpha value is -2.84. The predicted octanol–water partition coefficient (Wildman–Crippen LogP) is 5.18. The highest BCUT2D eigenvalue weighted by Crippen LogP contribution is 2.40. The molecule has 1 fully saturated rings. The SMILES string of the molecule is CCCCOCc1cc(NC2(C(=O)O)CCOCC2)ccc1-c1cc(OC)c(C)c(OC)c1F. The highest BCUT2D eigenvalue weighted by molar-refractivity contribution is 5.83. The number of benzene rings is 2. The maximum absolute atomic E-state index is 15.5. The van der Waals surface area contributed by atoms with Gasteiger partial charge in [-0.1, -0.05) is 19.4 Å². The number of methoxy groups -OCH3 is 2. The maximum Gasteiger partial charge on any atom is 0.329 e. The molecule has 7 nitrogen and oxygen atoms in total. The second-order valence-corrected chi connectivity index (χ2v) is 8.50. The van der Waals surface area contributed by atoms with Gasteiger partial charge in [0, 0.05) is 49.5 Å². The van der Waals surface area contributed by atoms with E-state index in [0.717, 1.165) is 18.4 Å². The standard InChI is InChI=1S/C26H34FNO6/c1-5-6-11-34-16-18-14-19(28-26(25(29)30)9-12-33-13-10-26)7-8-20(18)21-15-22(31-3)17(2)24(32-4)23(21)27/h7-8,14-15,28H,5-6,9-13,16H2,1-4H3,(H,29,30). The van der Waals surface area contributed by atoms with Crippen LogP contribution in [0, 0.1) is 12.7 Å². The molecule has 0 aliphatic carbocycles. The van der Waals surface area contributed by atoms with Crippen LogP contribution in [0.5, 0.6) is 11.5 Å². The quantitative estimate of drug-likeness (QED) is 0.433. The zero-order chi connectivity index (χ0) is 24.7. The van der Waals surface area contributed by atoms with Gasteiger partial charge < -0.3 is 29.4 Å². The summed E-state index contributed by atoms with van der Waals surface area (Å²) in [5.41, 5.74) is 1.80. The van der Waals surface area contributed by atoms with Crippen molar-refractivity contribution in [1.82, 2.24) is 0 Å². The van der Waals surface area contributed by atoms with Crippen molar-refractivity contribution in [2.24, 2.45) is 0 Å². The summed E-state index contributed by atoms with van der Waals surface area (Å²) in [6.07, 6.45) is 2.62. The van der Waals surface area contributed by atoms with Gasteiger partial charge in [0.2, 0.25) is 0 Å². The lowest BCUT2D eigenvalue weighted by Crippen LogP contribution is -2.50. The first-order valence-corrected chi connectivity index (χ1v) is 11.6. The molecule has 2 N–H and O–H groups in total. The largest absolute Gasteiger partial charge is 0.496 e. The molecular formula is C26H34FNO6. The molecule has 34 heavy (non-hydrogen) atoms. The molecule has 0 amide bonds. The van der Waals surface area contributed by atoms with E-state index < -0.39 is 17.3 Å². The second kappa shape index (κ2) is 11.5. The Morgan fingerprint density at radius 2 is 1.91 bits per heavy atom. The number of unbranched alkanes of at least 4 members (excludes halogenated alkanes) is 1. The lowest BCUT2D eigenvalue weighted by molar-refractivity contribution is -0.145. The lowest BCUT2D eigenvalue weighted by Gasteiger charge is -2.35. The van der Waals surface area contributed by atoms with E-state index in [1.165, 1.54) is 14.2 Å². The molecule has 1 aliphatic heterocycles. The van der Waals surface area contributed by atoms with Gasteiger partial charge in [-0.25, -0.2) is 9.18 Å². The van der Waals surface area contributed by atoms with Crippen LogP contribution in [-0.2, 0) is 20.9 Å². The third kappa shape index (κ3) is 5.45. The Balaban J connectivity index is 2.05. The second-order valence-electron chi connectivity index (χ2n) is 8.50. The molecule has 0 unspecified atom stereocenters. The van der Waals surface area contributed by atoms with E-state index in [1.807, 2.05) is 6.07 Å². The van der Waals surface area contributed by atoms with E-state index >= 15 is 4.39 Å². The van der Waals surface area contributed by atoms with Crippen LogP contribution in [0.1, 0.15) is 43.7 Å². The molecule has 0 bridgehead atoms. The fourth-order valence-electron chi connectivity index (χ4n) is 4.22. The Morgan fingerprint density at radius 1 is 1.18 bits per heavy atom. The molecule has 1 heterocycles. The van der Waals surface area contributed by atoms with Crippen LogP contribution in [0.2, 0.25) is 0 Å². The summed E-state index contributed by atoms with van der Waals surface area (Å²) in [6.45, 7) is 5.40. The van der Waals surface area contributed by atoms with Crippen molar-refractivity contribution in [3.8, 4) is 22.6 Å². The van der Waals surface area contributed by atoms with E-state index in [4.69, 9.17) is 18.9 Å². The third-order valence-corrected chi connectivity index (χ3v) is 6.28. The zero-order valence-electron chi connectivity index (χ0n) is 20.3. The Labute approximate surface area is 200 Å². The van der Waals surface area contributed by atoms with Gasteiger partial charge in [0.05, 0.1) is 20.8 Å². The highest BCUT2D eigenvalue weighted by Gasteiger charge is 2.40. The lowest BCUT2D eigenvalue weighted by atomic mass is 9.89. The molecule has 186 valence electrons. The number of rotatable bonds is 11. The average molecular weight is 476 g/mol. The average Bonchev–Trinajstić information content (AvgIpc) is 2.83. The number of carboxylic acids is 1. The molecule has 0 aromatic heterocycles. The van der Waals surface area contributed by atoms with E-state index in [9.17, 15) is 9.90 Å². The van der Waals surface area contributed by atoms with Crippen molar-refractivity contribution >= 4 is 11.7 Å². The monoisotopic (exact) mass is 475 g/mol. The van der Waals surface area contributed by atoms with Crippen molar-refractivity contribution < 1.29 is 33.2 Å². The number of aliphatic carboxylic acids is 1. The summed E-state index contributed by atoms with van der Waals surface area (Å²) < 4.78 is 37.5. The molecular weight excluding hydrogens is 441 g/mol. The van der Waals surface area contributed by atoms with Crippen LogP contribution in [0.4, 0.5) is 10.1 Å². The fourth-order valence-corrected chi connectivity index (χ4v) is 4.22. The van der Waals surface area contributed by atoms with Gasteiger partial charge >= 0.3 is 5.97 Å². The van der Waals surface area contributed by atoms with Crippen molar-refractivity contribution in [1.29, 1.82) is 0 Å². The van der Waals surface area contributed by atoms with Crippen LogP contribution in [0.25, 0.3) is 11.1 Å². The number of carboxylic acid groups (broad SMARTS) is 1. The number of halogens is 1. The number of hydrogen-bond acceptors (Lipinski definition) is 6. The number of hydrogen-bond donors (Lipinski definition) is 2. The minimum absolute atomic E-state index is 0.126. The van der Waals surface area contributed by atoms with E-state index in [1.54, 1.807) is 25.1 Å². The fraction of sp³-hybridized carbons (Fsp3) is 0.500. The summed E-state index contributed by atoms with van der Waals surface area (Å²) in [7, 11) is 2.96. The molecule has 8 heteroatoms. The van der Waals surface area contributed by atoms with Crippen molar-refractivity contribution in [2.45, 2.75) is 51.7 Å². The van der Waals surface area contributed by atoms with Crippen molar-refractivity contribution in [3.63, 3.8) is 0 Å². The molecule has 0 radical (unpaired) electrons. The van der Waals surface area contributed by atoms with Crippen LogP contribution in [-0.4, -0.2) is 50.7 Å². The van der Waals surface area contributed by atoms with Crippen LogP contribution >= 0.6 is 0 Å². The summed E-state index contributed by atoms with van der Waals surface area (Å²) in [5, 5.41) is 13.1. The minimum atomic E-state index is -1.11. The number of ether oxygens (including phenoxy) is 4. The Morgan fingerprint density at radius 3 is 2.53 bits per heavy atom. The first kappa shape index (κ1) is 25.8. The van der Waals surface area contributed by atoms with Gasteiger partial charge in [0.25, 0.3) is 0 Å². The summed E-state index contributed by atoms with van der Waals surface area (Å²) in [5.74, 6) is -0.760. The number of anilines is 1. The summed E-state index contributed by atoms with van der Waals surface area (Å²) >= 11 is 0. The van der Waals surface area contributed by atoms with Gasteiger partial charge in [-0.15, -0.1) is 0 Å². The highest BCUT2D eigenvalue weighted by atomic mass is 19.1. The van der Waals surface area contributed by atoms with Gasteiger partial charge in [0.1, 0.15) is 11.3 Å². The Kier molecular flexibility index (Phi) is 8.74. The first-order valence-electron chi connectivity index (χ1n) is 11.6. The predicted molar refractivity (Wildman–Crippen MR) is 128 cm³/mol. The zero-order valence-corrected chi connectivity index (χ0v) is 20.3. The van der Waals surface area contributed by atoms with Crippen LogP contribution in [0.15, 0.2) is 24.3 Å². The smallest absolute Gasteiger partial charge is 0.329 e. The molecule has 0 spiro atoms. The van der Waals surface area contributed by atoms with Crippen molar-refractivity contribution in [3.05, 3.63) is 41.2 Å². The molecule has 0 saturated carbocycles. The normalized spacial score (nSPS) is 15.1. The first-order chi connectivity index (χ1) is 16.4. The molecule has 3 rings (SSSR count). The number of nitrogens with one attached hydrogen (secondary N) is 1. The van der Waals surface area contributed by atoms with Crippen LogP contribution in [0.3, 0.4) is 0 Å². The number of carbonyl (C=O) groups is 1. The van der Waals surface area contributed by atoms with E-state index in [2.05, 4.69) is 12.2 Å². The molecule has 2 aromatic rings. The van der Waals surface area contributed by atoms with Gasteiger partial charge in [-0.2, -0.15) is 0 Å². The Bertz CT molecular complexity index is 1000. The van der Waals surface area contributed by atoms with Crippen molar-refractivity contribution in [2.75, 3.05) is 39.4 Å². The topological polar surface area (TPSA) is 86.3 Å². The minimum Gasteiger partial charge on any atom is -0.496 e. The maximum atomic E-state index is 15.5.